The van der Waals surface area contributed by atoms with E-state index < -0.39 is 17.2 Å². The molecule has 0 radical (unpaired) electrons. The van der Waals surface area contributed by atoms with Gasteiger partial charge in [0.15, 0.2) is 11.5 Å². The molecule has 1 saturated heterocycles. The largest absolute Gasteiger partial charge is 0.504 e. The smallest absolute Gasteiger partial charge is 0.416 e. The Balaban J connectivity index is 1.38. The minimum absolute atomic E-state index is 0.115. The normalized spacial score (nSPS) is 30.3. The van der Waals surface area contributed by atoms with E-state index in [4.69, 9.17) is 4.74 Å². The van der Waals surface area contributed by atoms with Crippen LogP contribution in [0.25, 0.3) is 6.08 Å². The topological polar surface area (TPSA) is 56.3 Å². The van der Waals surface area contributed by atoms with E-state index >= 15 is 0 Å². The van der Waals surface area contributed by atoms with Gasteiger partial charge in [-0.3, -0.25) is 9.69 Å². The van der Waals surface area contributed by atoms with E-state index in [1.165, 1.54) is 23.8 Å². The van der Waals surface area contributed by atoms with Gasteiger partial charge in [0.25, 0.3) is 0 Å². The van der Waals surface area contributed by atoms with Gasteiger partial charge in [-0.2, -0.15) is 13.2 Å². The first-order valence-corrected chi connectivity index (χ1v) is 14.1. The highest BCUT2D eigenvalue weighted by molar-refractivity contribution is 5.92. The summed E-state index contributed by atoms with van der Waals surface area (Å²) in [6.45, 7) is 5.63. The summed E-state index contributed by atoms with van der Waals surface area (Å²) in [6, 6.07) is 8.58. The van der Waals surface area contributed by atoms with Crippen LogP contribution in [0, 0.1) is 0 Å². The van der Waals surface area contributed by atoms with Gasteiger partial charge in [-0.15, -0.1) is 6.58 Å². The number of halogens is 3. The second-order valence-corrected chi connectivity index (χ2v) is 12.0. The fraction of sp³-hybridized carbons (Fsp3) is 0.469. The van der Waals surface area contributed by atoms with Gasteiger partial charge in [0, 0.05) is 36.8 Å². The van der Waals surface area contributed by atoms with E-state index in [0.29, 0.717) is 17.7 Å². The van der Waals surface area contributed by atoms with Crippen LogP contribution in [0.1, 0.15) is 41.5 Å². The van der Waals surface area contributed by atoms with Crippen LogP contribution >= 0.6 is 0 Å². The number of likely N-dealkylation sites (N-methyl/N-ethyl adjacent to an activating group) is 2. The first kappa shape index (κ1) is 27.8. The van der Waals surface area contributed by atoms with Gasteiger partial charge in [-0.05, 0) is 81.7 Å². The third kappa shape index (κ3) is 3.88. The zero-order chi connectivity index (χ0) is 29.3. The summed E-state index contributed by atoms with van der Waals surface area (Å²) in [5.41, 5.74) is 1.09. The zero-order valence-electron chi connectivity index (χ0n) is 23.6. The number of likely N-dealkylation sites (tertiary alicyclic amines) is 1. The Hall–Kier alpha value is -3.30. The highest BCUT2D eigenvalue weighted by Gasteiger charge is 2.74. The number of hydrogen-bond donors (Lipinski definition) is 1. The average molecular weight is 568 g/mol. The number of benzene rings is 2. The molecule has 6 rings (SSSR count). The Bertz CT molecular complexity index is 1420. The van der Waals surface area contributed by atoms with Crippen LogP contribution in [0.2, 0.25) is 0 Å². The van der Waals surface area contributed by atoms with Crippen molar-refractivity contribution >= 4 is 12.0 Å². The van der Waals surface area contributed by atoms with E-state index in [2.05, 4.69) is 30.5 Å². The number of alkyl halides is 3. The molecule has 4 aliphatic rings. The fourth-order valence-corrected chi connectivity index (χ4v) is 8.57. The Morgan fingerprint density at radius 3 is 2.71 bits per heavy atom. The molecule has 1 N–H and O–H groups in total. The molecular formula is C32H36F3N3O3. The van der Waals surface area contributed by atoms with Crippen LogP contribution in [0.3, 0.4) is 0 Å². The molecule has 0 aromatic heterocycles. The number of hydrogen-bond acceptors (Lipinski definition) is 5. The number of carbonyl (C=O) groups excluding carboxylic acids is 1. The fourth-order valence-electron chi connectivity index (χ4n) is 8.57. The Morgan fingerprint density at radius 1 is 1.22 bits per heavy atom. The Morgan fingerprint density at radius 2 is 2.00 bits per heavy atom. The molecule has 2 fully saturated rings. The van der Waals surface area contributed by atoms with Gasteiger partial charge in [-0.1, -0.05) is 24.3 Å². The molecule has 2 aliphatic heterocycles. The Kier molecular flexibility index (Phi) is 6.54. The molecule has 2 aliphatic carbocycles. The van der Waals surface area contributed by atoms with Crippen LogP contribution in [-0.4, -0.2) is 83.7 Å². The van der Waals surface area contributed by atoms with Crippen LogP contribution in [0.15, 0.2) is 55.1 Å². The maximum Gasteiger partial charge on any atom is 0.416 e. The number of rotatable bonds is 6. The summed E-state index contributed by atoms with van der Waals surface area (Å²) in [6.07, 6.45) is 3.04. The summed E-state index contributed by atoms with van der Waals surface area (Å²) in [5, 5.41) is 11.0. The summed E-state index contributed by atoms with van der Waals surface area (Å²) in [5.74, 6) is 0.340. The van der Waals surface area contributed by atoms with E-state index in [1.807, 2.05) is 12.1 Å². The molecule has 2 aromatic carbocycles. The van der Waals surface area contributed by atoms with Crippen molar-refractivity contribution in [3.8, 4) is 11.5 Å². The lowest BCUT2D eigenvalue weighted by Crippen LogP contribution is -2.82. The molecule has 218 valence electrons. The molecule has 41 heavy (non-hydrogen) atoms. The van der Waals surface area contributed by atoms with Crippen LogP contribution in [0.4, 0.5) is 13.2 Å². The predicted octanol–water partition coefficient (Wildman–Crippen LogP) is 4.86. The molecule has 1 amide bonds. The first-order chi connectivity index (χ1) is 19.5. The lowest BCUT2D eigenvalue weighted by molar-refractivity contribution is -0.158. The summed E-state index contributed by atoms with van der Waals surface area (Å²) >= 11 is 0. The van der Waals surface area contributed by atoms with Crippen molar-refractivity contribution in [3.63, 3.8) is 0 Å². The average Bonchev–Trinajstić information content (AvgIpc) is 3.29. The third-order valence-corrected chi connectivity index (χ3v) is 10.2. The van der Waals surface area contributed by atoms with Crippen molar-refractivity contribution in [1.82, 2.24) is 14.7 Å². The van der Waals surface area contributed by atoms with Crippen molar-refractivity contribution in [3.05, 3.63) is 77.4 Å². The maximum absolute atomic E-state index is 13.5. The molecule has 0 unspecified atom stereocenters. The summed E-state index contributed by atoms with van der Waals surface area (Å²) in [4.78, 5) is 20.0. The standard InChI is InChI=1S/C32H36F3N3O3/c1-5-16-38-17-15-30-27-21-10-11-24(39)28(27)41-29(30)23(13-14-31(30,36(2)3)25(38)19-21)37(4)26(40)12-9-20-7-6-8-22(18-20)32(33,34)35/h5-12,18,23,25,29,39H,1,13-17,19H2,2-4H3/t23-,25-,29+,30+,31-/m1/s1. The highest BCUT2D eigenvalue weighted by Crippen LogP contribution is 2.67. The Labute approximate surface area is 238 Å². The minimum Gasteiger partial charge on any atom is -0.504 e. The maximum atomic E-state index is 13.5. The van der Waals surface area contributed by atoms with E-state index in [-0.39, 0.29) is 35.4 Å². The number of aromatic hydroxyl groups is 1. The van der Waals surface area contributed by atoms with Gasteiger partial charge >= 0.3 is 6.18 Å². The quantitative estimate of drug-likeness (QED) is 0.399. The monoisotopic (exact) mass is 567 g/mol. The van der Waals surface area contributed by atoms with E-state index in [0.717, 1.165) is 50.0 Å². The lowest BCUT2D eigenvalue weighted by Gasteiger charge is -2.69. The van der Waals surface area contributed by atoms with Gasteiger partial charge in [0.2, 0.25) is 5.91 Å². The third-order valence-electron chi connectivity index (χ3n) is 10.2. The summed E-state index contributed by atoms with van der Waals surface area (Å²) in [7, 11) is 5.99. The molecule has 5 atom stereocenters. The number of phenolic OH excluding ortho intramolecular Hbond substituents is 1. The molecule has 2 aromatic rings. The second kappa shape index (κ2) is 9.63. The number of phenols is 1. The lowest BCUT2D eigenvalue weighted by atomic mass is 9.46. The molecular weight excluding hydrogens is 531 g/mol. The molecule has 1 saturated carbocycles. The van der Waals surface area contributed by atoms with Gasteiger partial charge in [0.05, 0.1) is 17.0 Å². The van der Waals surface area contributed by atoms with Crippen LogP contribution in [0.5, 0.6) is 11.5 Å². The van der Waals surface area contributed by atoms with Crippen LogP contribution in [-0.2, 0) is 22.8 Å². The highest BCUT2D eigenvalue weighted by atomic mass is 19.4. The predicted molar refractivity (Wildman–Crippen MR) is 151 cm³/mol. The number of piperidine rings is 1. The van der Waals surface area contributed by atoms with Crippen molar-refractivity contribution in [2.45, 2.75) is 61.0 Å². The molecule has 1 spiro atoms. The molecule has 6 nitrogen and oxygen atoms in total. The summed E-state index contributed by atoms with van der Waals surface area (Å²) < 4.78 is 46.3. The number of ether oxygens (including phenoxy) is 1. The van der Waals surface area contributed by atoms with Crippen molar-refractivity contribution < 1.29 is 27.8 Å². The van der Waals surface area contributed by atoms with E-state index in [9.17, 15) is 23.1 Å². The number of carbonyl (C=O) groups is 1. The molecule has 2 bridgehead atoms. The van der Waals surface area contributed by atoms with Crippen molar-refractivity contribution in [2.75, 3.05) is 34.2 Å². The number of nitrogens with zero attached hydrogens (tertiary/aromatic N) is 3. The van der Waals surface area contributed by atoms with Crippen LogP contribution < -0.4 is 4.74 Å². The molecule has 2 heterocycles. The van der Waals surface area contributed by atoms with Crippen molar-refractivity contribution in [2.24, 2.45) is 0 Å². The van der Waals surface area contributed by atoms with E-state index in [1.54, 1.807) is 24.1 Å². The van der Waals surface area contributed by atoms with Gasteiger partial charge in [0.1, 0.15) is 6.10 Å². The SMILES string of the molecule is C=CCN1CC[C@]23c4c5ccc(O)c4O[C@H]2[C@H](N(C)C(=O)C=Cc2cccc(C(F)(F)F)c2)CC[C@@]3(N(C)C)[C@H]1C5. The zero-order valence-corrected chi connectivity index (χ0v) is 23.6. The van der Waals surface area contributed by atoms with Crippen molar-refractivity contribution in [1.29, 1.82) is 0 Å². The first-order valence-electron chi connectivity index (χ1n) is 14.1. The van der Waals surface area contributed by atoms with Gasteiger partial charge in [-0.25, -0.2) is 0 Å². The molecule has 9 heteroatoms. The minimum atomic E-state index is -4.46. The van der Waals surface area contributed by atoms with Gasteiger partial charge < -0.3 is 19.6 Å². The second-order valence-electron chi connectivity index (χ2n) is 12.0. The number of amides is 1.